The molecule has 1 aliphatic heterocycles. The highest BCUT2D eigenvalue weighted by Gasteiger charge is 2.25. The smallest absolute Gasteiger partial charge is 0.230 e. The van der Waals surface area contributed by atoms with Crippen LogP contribution in [0.1, 0.15) is 30.7 Å². The number of thioether (sulfide) groups is 1. The van der Waals surface area contributed by atoms with Crippen LogP contribution in [0.2, 0.25) is 0 Å². The van der Waals surface area contributed by atoms with Gasteiger partial charge in [-0.25, -0.2) is 4.98 Å². The molecule has 1 N–H and O–H groups in total. The monoisotopic (exact) mass is 414 g/mol. The van der Waals surface area contributed by atoms with Gasteiger partial charge in [0.25, 0.3) is 0 Å². The summed E-state index contributed by atoms with van der Waals surface area (Å²) in [7, 11) is 0. The van der Waals surface area contributed by atoms with Gasteiger partial charge in [0, 0.05) is 42.8 Å². The Morgan fingerprint density at radius 1 is 1.14 bits per heavy atom. The number of amidine groups is 1. The van der Waals surface area contributed by atoms with Gasteiger partial charge in [0.05, 0.1) is 5.56 Å². The minimum Gasteiger partial charge on any atom is -0.438 e. The average Bonchev–Trinajstić information content (AvgIpc) is 2.70. The molecule has 0 spiro atoms. The maximum Gasteiger partial charge on any atom is 0.230 e. The van der Waals surface area contributed by atoms with Crippen LogP contribution in [0.3, 0.4) is 0 Å². The molecule has 1 aromatic heterocycles. The molecule has 1 aromatic carbocycles. The standard InChI is InChI=1S/C22H30N4O2S/c1-15(2)25-10-12-26(13-11-25)21(24-27)19-8-6-17(4)23-22(19)28-18-7-9-20(29-5)16(3)14-18/h6-9,14-15,27H,10-13H2,1-5H3/b24-21-. The van der Waals surface area contributed by atoms with Crippen molar-refractivity contribution in [3.63, 3.8) is 0 Å². The number of rotatable bonds is 5. The number of oxime groups is 1. The molecular formula is C22H30N4O2S. The van der Waals surface area contributed by atoms with Crippen LogP contribution < -0.4 is 4.74 Å². The van der Waals surface area contributed by atoms with Crippen molar-refractivity contribution < 1.29 is 9.94 Å². The number of piperazine rings is 1. The quantitative estimate of drug-likeness (QED) is 0.258. The minimum atomic E-state index is 0.459. The molecule has 2 heterocycles. The predicted molar refractivity (Wildman–Crippen MR) is 119 cm³/mol. The topological polar surface area (TPSA) is 61.2 Å². The number of nitrogens with zero attached hydrogens (tertiary/aromatic N) is 4. The Labute approximate surface area is 177 Å². The molecule has 7 heteroatoms. The van der Waals surface area contributed by atoms with Gasteiger partial charge in [-0.05, 0) is 69.8 Å². The van der Waals surface area contributed by atoms with E-state index in [1.807, 2.05) is 31.2 Å². The Morgan fingerprint density at radius 2 is 1.86 bits per heavy atom. The number of hydrogen-bond donors (Lipinski definition) is 1. The van der Waals surface area contributed by atoms with Crippen LogP contribution >= 0.6 is 11.8 Å². The van der Waals surface area contributed by atoms with Crippen LogP contribution in [0.15, 0.2) is 40.4 Å². The van der Waals surface area contributed by atoms with Crippen LogP contribution in [-0.4, -0.2) is 64.3 Å². The lowest BCUT2D eigenvalue weighted by atomic mass is 10.1. The molecule has 0 aliphatic carbocycles. The van der Waals surface area contributed by atoms with Crippen LogP contribution in [0.25, 0.3) is 0 Å². The second-order valence-electron chi connectivity index (χ2n) is 7.58. The number of benzene rings is 1. The Balaban J connectivity index is 1.87. The number of ether oxygens (including phenoxy) is 1. The van der Waals surface area contributed by atoms with Crippen molar-refractivity contribution in [1.29, 1.82) is 0 Å². The Morgan fingerprint density at radius 3 is 2.45 bits per heavy atom. The maximum atomic E-state index is 9.83. The lowest BCUT2D eigenvalue weighted by Crippen LogP contribution is -2.51. The first-order chi connectivity index (χ1) is 13.9. The molecule has 6 nitrogen and oxygen atoms in total. The molecule has 0 atom stereocenters. The van der Waals surface area contributed by atoms with Crippen molar-refractivity contribution in [2.75, 3.05) is 32.4 Å². The third kappa shape index (κ3) is 5.03. The van der Waals surface area contributed by atoms with E-state index in [-0.39, 0.29) is 0 Å². The van der Waals surface area contributed by atoms with E-state index >= 15 is 0 Å². The van der Waals surface area contributed by atoms with Gasteiger partial charge in [-0.3, -0.25) is 4.90 Å². The van der Waals surface area contributed by atoms with Crippen LogP contribution in [0, 0.1) is 13.8 Å². The Hall–Kier alpha value is -2.25. The van der Waals surface area contributed by atoms with E-state index in [2.05, 4.69) is 53.0 Å². The molecular weight excluding hydrogens is 384 g/mol. The van der Waals surface area contributed by atoms with Gasteiger partial charge in [-0.1, -0.05) is 5.16 Å². The Bertz CT molecular complexity index is 877. The minimum absolute atomic E-state index is 0.459. The molecule has 156 valence electrons. The summed E-state index contributed by atoms with van der Waals surface area (Å²) < 4.78 is 6.15. The molecule has 0 amide bonds. The fourth-order valence-corrected chi connectivity index (χ4v) is 4.13. The summed E-state index contributed by atoms with van der Waals surface area (Å²) in [5, 5.41) is 13.5. The zero-order chi connectivity index (χ0) is 21.0. The third-order valence-electron chi connectivity index (χ3n) is 5.26. The third-order valence-corrected chi connectivity index (χ3v) is 6.16. The number of aryl methyl sites for hydroxylation is 2. The van der Waals surface area contributed by atoms with E-state index in [1.165, 1.54) is 4.90 Å². The first-order valence-electron chi connectivity index (χ1n) is 9.94. The molecule has 0 radical (unpaired) electrons. The average molecular weight is 415 g/mol. The number of hydrogen-bond acceptors (Lipinski definition) is 6. The molecule has 1 fully saturated rings. The summed E-state index contributed by atoms with van der Waals surface area (Å²) in [6, 6.07) is 10.4. The number of pyridine rings is 1. The van der Waals surface area contributed by atoms with Crippen LogP contribution in [-0.2, 0) is 0 Å². The molecule has 0 bridgehead atoms. The summed E-state index contributed by atoms with van der Waals surface area (Å²) in [6.07, 6.45) is 2.06. The summed E-state index contributed by atoms with van der Waals surface area (Å²) >= 11 is 1.71. The van der Waals surface area contributed by atoms with E-state index in [4.69, 9.17) is 4.74 Å². The first kappa shape index (κ1) is 21.5. The zero-order valence-corrected chi connectivity index (χ0v) is 18.7. The highest BCUT2D eigenvalue weighted by Crippen LogP contribution is 2.29. The van der Waals surface area contributed by atoms with Crippen molar-refractivity contribution >= 4 is 17.6 Å². The molecule has 29 heavy (non-hydrogen) atoms. The molecule has 1 saturated heterocycles. The van der Waals surface area contributed by atoms with E-state index < -0.39 is 0 Å². The van der Waals surface area contributed by atoms with E-state index in [0.717, 1.165) is 43.2 Å². The molecule has 3 rings (SSSR count). The lowest BCUT2D eigenvalue weighted by Gasteiger charge is -2.38. The maximum absolute atomic E-state index is 9.83. The predicted octanol–water partition coefficient (Wildman–Crippen LogP) is 4.37. The molecule has 1 aliphatic rings. The first-order valence-corrected chi connectivity index (χ1v) is 11.2. The van der Waals surface area contributed by atoms with Gasteiger partial charge < -0.3 is 14.8 Å². The Kier molecular flexibility index (Phi) is 7.03. The van der Waals surface area contributed by atoms with Gasteiger partial charge in [0.1, 0.15) is 5.75 Å². The van der Waals surface area contributed by atoms with E-state index in [0.29, 0.717) is 23.3 Å². The van der Waals surface area contributed by atoms with Crippen molar-refractivity contribution in [1.82, 2.24) is 14.8 Å². The second kappa shape index (κ2) is 9.50. The number of aromatic nitrogens is 1. The largest absolute Gasteiger partial charge is 0.438 e. The summed E-state index contributed by atoms with van der Waals surface area (Å²) in [6.45, 7) is 11.9. The zero-order valence-electron chi connectivity index (χ0n) is 17.8. The van der Waals surface area contributed by atoms with Crippen molar-refractivity contribution in [3.05, 3.63) is 47.2 Å². The van der Waals surface area contributed by atoms with Gasteiger partial charge in [0.2, 0.25) is 5.88 Å². The molecule has 0 saturated carbocycles. The van der Waals surface area contributed by atoms with Gasteiger partial charge in [0.15, 0.2) is 5.84 Å². The summed E-state index contributed by atoms with van der Waals surface area (Å²) in [4.78, 5) is 10.3. The van der Waals surface area contributed by atoms with Gasteiger partial charge in [-0.15, -0.1) is 11.8 Å². The highest BCUT2D eigenvalue weighted by atomic mass is 32.2. The second-order valence-corrected chi connectivity index (χ2v) is 8.43. The SMILES string of the molecule is CSc1ccc(Oc2nc(C)ccc2/C(=N/O)N2CCN(C(C)C)CC2)cc1C. The van der Waals surface area contributed by atoms with E-state index in [1.54, 1.807) is 11.8 Å². The van der Waals surface area contributed by atoms with Crippen molar-refractivity contribution in [2.24, 2.45) is 5.16 Å². The van der Waals surface area contributed by atoms with Crippen molar-refractivity contribution in [2.45, 2.75) is 38.6 Å². The highest BCUT2D eigenvalue weighted by molar-refractivity contribution is 7.98. The fraction of sp³-hybridized carbons (Fsp3) is 0.455. The van der Waals surface area contributed by atoms with Crippen LogP contribution in [0.4, 0.5) is 0 Å². The van der Waals surface area contributed by atoms with Gasteiger partial charge in [-0.2, -0.15) is 0 Å². The summed E-state index contributed by atoms with van der Waals surface area (Å²) in [5.41, 5.74) is 2.70. The fourth-order valence-electron chi connectivity index (χ4n) is 3.54. The lowest BCUT2D eigenvalue weighted by molar-refractivity contribution is 0.146. The van der Waals surface area contributed by atoms with Gasteiger partial charge >= 0.3 is 0 Å². The van der Waals surface area contributed by atoms with E-state index in [9.17, 15) is 5.21 Å². The van der Waals surface area contributed by atoms with Crippen LogP contribution in [0.5, 0.6) is 11.6 Å². The van der Waals surface area contributed by atoms with Crippen molar-refractivity contribution in [3.8, 4) is 11.6 Å². The molecule has 2 aromatic rings. The molecule has 0 unspecified atom stereocenters. The summed E-state index contributed by atoms with van der Waals surface area (Å²) in [5.74, 6) is 1.69. The normalized spacial score (nSPS) is 15.8.